The molecule has 1 heterocycles. The second-order valence-electron chi connectivity index (χ2n) is 4.43. The molecule has 0 aliphatic carbocycles. The van der Waals surface area contributed by atoms with Crippen molar-refractivity contribution < 1.29 is 14.6 Å². The third-order valence-corrected chi connectivity index (χ3v) is 2.60. The summed E-state index contributed by atoms with van der Waals surface area (Å²) >= 11 is 0. The minimum Gasteiger partial charge on any atom is -0.486 e. The van der Waals surface area contributed by atoms with E-state index in [9.17, 15) is 0 Å². The van der Waals surface area contributed by atoms with Gasteiger partial charge in [0.2, 0.25) is 0 Å². The smallest absolute Gasteiger partial charge is 0.164 e. The summed E-state index contributed by atoms with van der Waals surface area (Å²) in [6.07, 6.45) is 0.566. The standard InChI is InChI=1S/C12H17NO3/c1-12(13,8-14)7-9-3-2-4-10-11(9)16-6-5-15-10/h2-4,14H,5-8,13H2,1H3. The monoisotopic (exact) mass is 223 g/mol. The van der Waals surface area contributed by atoms with E-state index in [1.807, 2.05) is 25.1 Å². The first-order chi connectivity index (χ1) is 7.62. The van der Waals surface area contributed by atoms with Crippen molar-refractivity contribution in [3.63, 3.8) is 0 Å². The Hall–Kier alpha value is -1.26. The fourth-order valence-corrected chi connectivity index (χ4v) is 1.76. The highest BCUT2D eigenvalue weighted by atomic mass is 16.6. The van der Waals surface area contributed by atoms with Crippen molar-refractivity contribution in [3.8, 4) is 11.5 Å². The molecular weight excluding hydrogens is 206 g/mol. The van der Waals surface area contributed by atoms with E-state index >= 15 is 0 Å². The van der Waals surface area contributed by atoms with Crippen molar-refractivity contribution >= 4 is 0 Å². The van der Waals surface area contributed by atoms with E-state index in [0.29, 0.717) is 19.6 Å². The molecule has 0 radical (unpaired) electrons. The van der Waals surface area contributed by atoms with E-state index < -0.39 is 5.54 Å². The van der Waals surface area contributed by atoms with E-state index in [2.05, 4.69) is 0 Å². The van der Waals surface area contributed by atoms with Gasteiger partial charge in [0.1, 0.15) is 13.2 Å². The van der Waals surface area contributed by atoms with Gasteiger partial charge in [0, 0.05) is 5.54 Å². The summed E-state index contributed by atoms with van der Waals surface area (Å²) in [5.41, 5.74) is 6.29. The van der Waals surface area contributed by atoms with Gasteiger partial charge in [-0.25, -0.2) is 0 Å². The summed E-state index contributed by atoms with van der Waals surface area (Å²) < 4.78 is 11.1. The van der Waals surface area contributed by atoms with Crippen LogP contribution in [-0.2, 0) is 6.42 Å². The first-order valence-electron chi connectivity index (χ1n) is 5.40. The quantitative estimate of drug-likeness (QED) is 0.792. The van der Waals surface area contributed by atoms with E-state index in [-0.39, 0.29) is 6.61 Å². The van der Waals surface area contributed by atoms with Gasteiger partial charge in [-0.15, -0.1) is 0 Å². The number of aliphatic hydroxyl groups is 1. The first kappa shape index (κ1) is 11.2. The van der Waals surface area contributed by atoms with E-state index in [1.165, 1.54) is 0 Å². The lowest BCUT2D eigenvalue weighted by molar-refractivity contribution is 0.166. The van der Waals surface area contributed by atoms with Crippen LogP contribution >= 0.6 is 0 Å². The molecule has 1 atom stereocenters. The number of para-hydroxylation sites is 1. The van der Waals surface area contributed by atoms with Crippen LogP contribution in [0.2, 0.25) is 0 Å². The highest BCUT2D eigenvalue weighted by Crippen LogP contribution is 2.34. The number of benzene rings is 1. The molecule has 0 aromatic heterocycles. The Morgan fingerprint density at radius 2 is 2.12 bits per heavy atom. The molecule has 1 unspecified atom stereocenters. The third kappa shape index (κ3) is 2.28. The molecule has 1 aromatic rings. The van der Waals surface area contributed by atoms with Crippen LogP contribution in [-0.4, -0.2) is 30.5 Å². The SMILES string of the molecule is CC(N)(CO)Cc1cccc2c1OCCO2. The second kappa shape index (κ2) is 4.31. The van der Waals surface area contributed by atoms with Crippen molar-refractivity contribution in [2.45, 2.75) is 18.9 Å². The number of hydrogen-bond donors (Lipinski definition) is 2. The highest BCUT2D eigenvalue weighted by molar-refractivity contribution is 5.48. The number of hydrogen-bond acceptors (Lipinski definition) is 4. The lowest BCUT2D eigenvalue weighted by Gasteiger charge is -2.26. The Labute approximate surface area is 95.0 Å². The Morgan fingerprint density at radius 1 is 1.38 bits per heavy atom. The molecule has 3 N–H and O–H groups in total. The topological polar surface area (TPSA) is 64.7 Å². The number of nitrogens with two attached hydrogens (primary N) is 1. The fourth-order valence-electron chi connectivity index (χ4n) is 1.76. The summed E-state index contributed by atoms with van der Waals surface area (Å²) in [6.45, 7) is 2.90. The van der Waals surface area contributed by atoms with E-state index in [0.717, 1.165) is 17.1 Å². The average molecular weight is 223 g/mol. The van der Waals surface area contributed by atoms with Gasteiger partial charge in [-0.2, -0.15) is 0 Å². The normalized spacial score (nSPS) is 17.9. The van der Waals surface area contributed by atoms with Crippen molar-refractivity contribution in [1.29, 1.82) is 0 Å². The third-order valence-electron chi connectivity index (χ3n) is 2.60. The number of rotatable bonds is 3. The van der Waals surface area contributed by atoms with Crippen LogP contribution in [0, 0.1) is 0 Å². The molecule has 1 aromatic carbocycles. The van der Waals surface area contributed by atoms with Crippen molar-refractivity contribution in [2.24, 2.45) is 5.73 Å². The molecule has 0 amide bonds. The average Bonchev–Trinajstić information content (AvgIpc) is 2.29. The van der Waals surface area contributed by atoms with Gasteiger partial charge in [-0.05, 0) is 25.0 Å². The zero-order valence-corrected chi connectivity index (χ0v) is 9.40. The van der Waals surface area contributed by atoms with Crippen LogP contribution in [0.3, 0.4) is 0 Å². The lowest BCUT2D eigenvalue weighted by Crippen LogP contribution is -2.42. The van der Waals surface area contributed by atoms with E-state index in [4.69, 9.17) is 20.3 Å². The predicted molar refractivity (Wildman–Crippen MR) is 60.8 cm³/mol. The maximum Gasteiger partial charge on any atom is 0.164 e. The summed E-state index contributed by atoms with van der Waals surface area (Å²) in [5.74, 6) is 1.52. The zero-order valence-electron chi connectivity index (χ0n) is 9.40. The van der Waals surface area contributed by atoms with Gasteiger partial charge < -0.3 is 20.3 Å². The van der Waals surface area contributed by atoms with Gasteiger partial charge in [-0.3, -0.25) is 0 Å². The van der Waals surface area contributed by atoms with Crippen LogP contribution in [0.1, 0.15) is 12.5 Å². The van der Waals surface area contributed by atoms with Gasteiger partial charge in [0.05, 0.1) is 6.61 Å². The molecule has 16 heavy (non-hydrogen) atoms. The second-order valence-corrected chi connectivity index (χ2v) is 4.43. The molecule has 4 heteroatoms. The fraction of sp³-hybridized carbons (Fsp3) is 0.500. The minimum absolute atomic E-state index is 0.0580. The summed E-state index contributed by atoms with van der Waals surface area (Å²) in [4.78, 5) is 0. The van der Waals surface area contributed by atoms with Crippen LogP contribution in [0.4, 0.5) is 0 Å². The molecule has 4 nitrogen and oxygen atoms in total. The van der Waals surface area contributed by atoms with Crippen molar-refractivity contribution in [3.05, 3.63) is 23.8 Å². The number of fused-ring (bicyclic) bond motifs is 1. The van der Waals surface area contributed by atoms with Crippen molar-refractivity contribution in [2.75, 3.05) is 19.8 Å². The Kier molecular flexibility index (Phi) is 3.03. The summed E-state index contributed by atoms with van der Waals surface area (Å²) in [7, 11) is 0. The molecular formula is C12H17NO3. The number of ether oxygens (including phenoxy) is 2. The lowest BCUT2D eigenvalue weighted by atomic mass is 9.94. The Balaban J connectivity index is 2.27. The summed E-state index contributed by atoms with van der Waals surface area (Å²) in [5, 5.41) is 9.16. The zero-order chi connectivity index (χ0) is 11.6. The molecule has 0 saturated heterocycles. The maximum absolute atomic E-state index is 9.16. The van der Waals surface area contributed by atoms with Gasteiger partial charge in [-0.1, -0.05) is 12.1 Å². The Bertz CT molecular complexity index is 377. The van der Waals surface area contributed by atoms with Gasteiger partial charge >= 0.3 is 0 Å². The highest BCUT2D eigenvalue weighted by Gasteiger charge is 2.23. The van der Waals surface area contributed by atoms with Gasteiger partial charge in [0.25, 0.3) is 0 Å². The molecule has 2 rings (SSSR count). The van der Waals surface area contributed by atoms with Crippen LogP contribution in [0.25, 0.3) is 0 Å². The van der Waals surface area contributed by atoms with Crippen LogP contribution < -0.4 is 15.2 Å². The molecule has 0 fully saturated rings. The van der Waals surface area contributed by atoms with Crippen LogP contribution in [0.5, 0.6) is 11.5 Å². The number of aliphatic hydroxyl groups excluding tert-OH is 1. The maximum atomic E-state index is 9.16. The Morgan fingerprint density at radius 3 is 2.88 bits per heavy atom. The largest absolute Gasteiger partial charge is 0.486 e. The molecule has 0 bridgehead atoms. The molecule has 1 aliphatic rings. The molecule has 0 spiro atoms. The van der Waals surface area contributed by atoms with E-state index in [1.54, 1.807) is 0 Å². The first-order valence-corrected chi connectivity index (χ1v) is 5.40. The predicted octanol–water partition coefficient (Wildman–Crippen LogP) is 0.710. The molecule has 0 saturated carbocycles. The van der Waals surface area contributed by atoms with Gasteiger partial charge in [0.15, 0.2) is 11.5 Å². The van der Waals surface area contributed by atoms with Crippen LogP contribution in [0.15, 0.2) is 18.2 Å². The minimum atomic E-state index is -0.629. The van der Waals surface area contributed by atoms with Crippen molar-refractivity contribution in [1.82, 2.24) is 0 Å². The molecule has 1 aliphatic heterocycles. The summed E-state index contributed by atoms with van der Waals surface area (Å²) in [6, 6.07) is 5.75. The molecule has 88 valence electrons.